The van der Waals surface area contributed by atoms with Gasteiger partial charge in [0.2, 0.25) is 0 Å². The van der Waals surface area contributed by atoms with Crippen molar-refractivity contribution in [1.82, 2.24) is 0 Å². The fourth-order valence-electron chi connectivity index (χ4n) is 0.300. The Labute approximate surface area is 97.5 Å². The molecule has 5 nitrogen and oxygen atoms in total. The van der Waals surface area contributed by atoms with E-state index in [1.165, 1.54) is 0 Å². The molecule has 0 spiro atoms. The van der Waals surface area contributed by atoms with Crippen LogP contribution in [-0.4, -0.2) is 98.1 Å². The molecule has 0 heterocycles. The second kappa shape index (κ2) is 13.6. The van der Waals surface area contributed by atoms with Gasteiger partial charge in [-0.15, -0.1) is 0 Å². The molecule has 4 N–H and O–H groups in total. The molecule has 11 heavy (non-hydrogen) atoms. The van der Waals surface area contributed by atoms with Crippen molar-refractivity contribution in [3.8, 4) is 0 Å². The van der Waals surface area contributed by atoms with Gasteiger partial charge in [-0.05, 0) is 0 Å². The van der Waals surface area contributed by atoms with Gasteiger partial charge < -0.3 is 26.0 Å². The Bertz CT molecular complexity index is 56.9. The molecule has 0 atom stereocenters. The standard InChI is InChI=1S/C5H14NO.Ca.3H2O/c1-6(2,3)4-5-7;;;;/h7H,4-5H2,1-3H3;;3*1H2/q+1;+2;;;/p-3. The molecule has 0 rings (SSSR count). The first-order valence-corrected chi connectivity index (χ1v) is 2.47. The summed E-state index contributed by atoms with van der Waals surface area (Å²) in [6.07, 6.45) is 0. The van der Waals surface area contributed by atoms with Crippen LogP contribution in [0.5, 0.6) is 0 Å². The van der Waals surface area contributed by atoms with Crippen LogP contribution in [0.15, 0.2) is 0 Å². The second-order valence-corrected chi connectivity index (χ2v) is 2.74. The molecule has 0 aromatic rings. The number of quaternary nitrogens is 1. The quantitative estimate of drug-likeness (QED) is 0.439. The maximum absolute atomic E-state index is 8.39. The van der Waals surface area contributed by atoms with Crippen LogP contribution in [0.1, 0.15) is 0 Å². The third-order valence-corrected chi connectivity index (χ3v) is 0.771. The molecule has 0 saturated heterocycles. The number of nitrogens with zero attached hydrogens (tertiary/aromatic N) is 1. The summed E-state index contributed by atoms with van der Waals surface area (Å²) >= 11 is 0. The molecule has 68 valence electrons. The largest absolute Gasteiger partial charge is 2.00 e. The van der Waals surface area contributed by atoms with Crippen molar-refractivity contribution in [3.05, 3.63) is 0 Å². The molecule has 0 aliphatic carbocycles. The molecule has 0 aromatic carbocycles. The summed E-state index contributed by atoms with van der Waals surface area (Å²) in [5, 5.41) is 8.39. The van der Waals surface area contributed by atoms with E-state index in [-0.39, 0.29) is 60.8 Å². The Morgan fingerprint density at radius 3 is 1.27 bits per heavy atom. The molecule has 0 aliphatic rings. The average Bonchev–Trinajstić information content (AvgIpc) is 1.30. The van der Waals surface area contributed by atoms with Gasteiger partial charge in [0.25, 0.3) is 0 Å². The molecule has 0 bridgehead atoms. The monoisotopic (exact) mass is 195 g/mol. The number of rotatable bonds is 2. The van der Waals surface area contributed by atoms with Crippen molar-refractivity contribution in [2.45, 2.75) is 0 Å². The van der Waals surface area contributed by atoms with Crippen molar-refractivity contribution in [2.24, 2.45) is 0 Å². The van der Waals surface area contributed by atoms with Gasteiger partial charge >= 0.3 is 37.7 Å². The second-order valence-electron chi connectivity index (χ2n) is 2.74. The van der Waals surface area contributed by atoms with Gasteiger partial charge in [-0.25, -0.2) is 0 Å². The SMILES string of the molecule is C[N+](C)(C)CCO.[Ca+2].[OH-].[OH-].[OH-]. The third-order valence-electron chi connectivity index (χ3n) is 0.771. The minimum absolute atomic E-state index is 0. The van der Waals surface area contributed by atoms with E-state index in [2.05, 4.69) is 21.1 Å². The van der Waals surface area contributed by atoms with E-state index in [1.807, 2.05) is 0 Å². The number of hydrogen-bond donors (Lipinski definition) is 1. The van der Waals surface area contributed by atoms with Gasteiger partial charge in [-0.2, -0.15) is 0 Å². The van der Waals surface area contributed by atoms with Gasteiger partial charge in [-0.3, -0.25) is 0 Å². The Balaban J connectivity index is -0.0000000300. The molecule has 0 saturated carbocycles. The van der Waals surface area contributed by atoms with Crippen molar-refractivity contribution in [3.63, 3.8) is 0 Å². The van der Waals surface area contributed by atoms with E-state index in [0.29, 0.717) is 0 Å². The Morgan fingerprint density at radius 2 is 1.27 bits per heavy atom. The normalized spacial score (nSPS) is 7.64. The molecule has 6 heteroatoms. The van der Waals surface area contributed by atoms with Crippen LogP contribution >= 0.6 is 0 Å². The number of hydrogen-bond acceptors (Lipinski definition) is 4. The fraction of sp³-hybridized carbons (Fsp3) is 1.00. The minimum Gasteiger partial charge on any atom is -0.870 e. The average molecular weight is 195 g/mol. The van der Waals surface area contributed by atoms with Crippen LogP contribution < -0.4 is 0 Å². The van der Waals surface area contributed by atoms with Gasteiger partial charge in [0, 0.05) is 0 Å². The first-order chi connectivity index (χ1) is 3.06. The molecule has 0 amide bonds. The summed E-state index contributed by atoms with van der Waals surface area (Å²) in [6, 6.07) is 0. The zero-order chi connectivity index (χ0) is 5.91. The predicted molar refractivity (Wildman–Crippen MR) is 41.5 cm³/mol. The predicted octanol–water partition coefficient (Wildman–Crippen LogP) is -1.23. The maximum atomic E-state index is 8.39. The molecule has 0 radical (unpaired) electrons. The third kappa shape index (κ3) is 35.5. The van der Waals surface area contributed by atoms with Crippen LogP contribution in [0.3, 0.4) is 0 Å². The van der Waals surface area contributed by atoms with Gasteiger partial charge in [0.15, 0.2) is 0 Å². The van der Waals surface area contributed by atoms with E-state index in [4.69, 9.17) is 5.11 Å². The van der Waals surface area contributed by atoms with E-state index in [9.17, 15) is 0 Å². The van der Waals surface area contributed by atoms with Gasteiger partial charge in [0.05, 0.1) is 27.7 Å². The Hall–Kier alpha value is 1.06. The Kier molecular flexibility index (Phi) is 36.7. The first kappa shape index (κ1) is 29.6. The number of aliphatic hydroxyl groups is 1. The van der Waals surface area contributed by atoms with E-state index in [0.717, 1.165) is 11.0 Å². The zero-order valence-corrected chi connectivity index (χ0v) is 9.57. The van der Waals surface area contributed by atoms with Gasteiger partial charge in [0.1, 0.15) is 6.54 Å². The zero-order valence-electron chi connectivity index (χ0n) is 7.36. The summed E-state index contributed by atoms with van der Waals surface area (Å²) in [5.74, 6) is 0. The summed E-state index contributed by atoms with van der Waals surface area (Å²) in [5.41, 5.74) is 0. The molecular formula is C5H17CaNO4. The molecule has 0 fully saturated rings. The minimum atomic E-state index is 0. The molecule has 0 aromatic heterocycles. The van der Waals surface area contributed by atoms with E-state index in [1.54, 1.807) is 0 Å². The van der Waals surface area contributed by atoms with Crippen molar-refractivity contribution < 1.29 is 26.0 Å². The smallest absolute Gasteiger partial charge is 0.870 e. The maximum Gasteiger partial charge on any atom is 2.00 e. The fourth-order valence-corrected chi connectivity index (χ4v) is 0.300. The van der Waals surface area contributed by atoms with Crippen molar-refractivity contribution >= 4 is 37.7 Å². The van der Waals surface area contributed by atoms with Crippen LogP contribution in [0.4, 0.5) is 0 Å². The number of aliphatic hydroxyl groups excluding tert-OH is 1. The van der Waals surface area contributed by atoms with Crippen LogP contribution in [0.2, 0.25) is 0 Å². The topological polar surface area (TPSA) is 110 Å². The summed E-state index contributed by atoms with van der Waals surface area (Å²) in [4.78, 5) is 0. The van der Waals surface area contributed by atoms with Crippen LogP contribution in [-0.2, 0) is 0 Å². The van der Waals surface area contributed by atoms with Gasteiger partial charge in [-0.1, -0.05) is 0 Å². The first-order valence-electron chi connectivity index (χ1n) is 2.47. The van der Waals surface area contributed by atoms with E-state index < -0.39 is 0 Å². The molecular weight excluding hydrogens is 178 g/mol. The van der Waals surface area contributed by atoms with Crippen molar-refractivity contribution in [1.29, 1.82) is 0 Å². The Morgan fingerprint density at radius 1 is 1.00 bits per heavy atom. The summed E-state index contributed by atoms with van der Waals surface area (Å²) in [7, 11) is 6.16. The molecule has 0 unspecified atom stereocenters. The van der Waals surface area contributed by atoms with Crippen LogP contribution in [0, 0.1) is 0 Å². The van der Waals surface area contributed by atoms with Crippen molar-refractivity contribution in [2.75, 3.05) is 34.3 Å². The number of likely N-dealkylation sites (N-methyl/N-ethyl adjacent to an activating group) is 1. The summed E-state index contributed by atoms with van der Waals surface area (Å²) < 4.78 is 0.844. The molecule has 0 aliphatic heterocycles. The van der Waals surface area contributed by atoms with Crippen LogP contribution in [0.25, 0.3) is 0 Å². The van der Waals surface area contributed by atoms with E-state index >= 15 is 0 Å². The summed E-state index contributed by atoms with van der Waals surface area (Å²) in [6.45, 7) is 1.11.